The van der Waals surface area contributed by atoms with Crippen LogP contribution in [-0.2, 0) is 18.9 Å². The molecule has 8 heteroatoms. The SMILES string of the molecule is CCCCCC[C@@H](O)C/C=C\CCCCCCCC(=O)OB(O)OC(=O)CN. The molecule has 7 nitrogen and oxygen atoms in total. The first-order chi connectivity index (χ1) is 13.5. The van der Waals surface area contributed by atoms with Crippen LogP contribution in [0.25, 0.3) is 0 Å². The van der Waals surface area contributed by atoms with E-state index in [-0.39, 0.29) is 19.1 Å². The van der Waals surface area contributed by atoms with E-state index in [1.54, 1.807) is 0 Å². The second kappa shape index (κ2) is 19.0. The molecule has 0 bridgehead atoms. The molecule has 0 unspecified atom stereocenters. The van der Waals surface area contributed by atoms with Gasteiger partial charge in [0.05, 0.1) is 12.6 Å². The first-order valence-corrected chi connectivity index (χ1v) is 10.6. The van der Waals surface area contributed by atoms with Gasteiger partial charge in [-0.2, -0.15) is 0 Å². The van der Waals surface area contributed by atoms with Crippen LogP contribution in [0.4, 0.5) is 0 Å². The van der Waals surface area contributed by atoms with E-state index in [2.05, 4.69) is 28.4 Å². The van der Waals surface area contributed by atoms with Crippen molar-refractivity contribution in [2.45, 2.75) is 96.5 Å². The standard InChI is InChI=1S/C20H38BNO6/c1-2-3-4-11-14-18(23)15-12-9-7-5-6-8-10-13-16-19(24)27-21(26)28-20(25)17-22/h9,12,18,23,26H,2-8,10-11,13-17,22H2,1H3/b12-9-/t18-/m1/s1. The number of carbonyl (C=O) groups excluding carboxylic acids is 2. The van der Waals surface area contributed by atoms with Crippen LogP contribution in [0.3, 0.4) is 0 Å². The zero-order chi connectivity index (χ0) is 21.0. The molecule has 1 atom stereocenters. The third-order valence-corrected chi connectivity index (χ3v) is 4.35. The Morgan fingerprint density at radius 2 is 1.61 bits per heavy atom. The van der Waals surface area contributed by atoms with E-state index in [1.807, 2.05) is 0 Å². The van der Waals surface area contributed by atoms with Crippen molar-refractivity contribution < 1.29 is 29.0 Å². The Labute approximate surface area is 169 Å². The fourth-order valence-corrected chi connectivity index (χ4v) is 2.71. The van der Waals surface area contributed by atoms with Crippen molar-refractivity contribution in [3.05, 3.63) is 12.2 Å². The Kier molecular flexibility index (Phi) is 18.0. The van der Waals surface area contributed by atoms with Crippen molar-refractivity contribution in [3.63, 3.8) is 0 Å². The van der Waals surface area contributed by atoms with Crippen molar-refractivity contribution in [1.29, 1.82) is 0 Å². The number of hydrogen-bond donors (Lipinski definition) is 3. The van der Waals surface area contributed by atoms with E-state index >= 15 is 0 Å². The summed E-state index contributed by atoms with van der Waals surface area (Å²) in [7, 11) is -1.88. The van der Waals surface area contributed by atoms with Gasteiger partial charge in [-0.05, 0) is 32.1 Å². The average Bonchev–Trinajstić information content (AvgIpc) is 2.66. The van der Waals surface area contributed by atoms with Crippen molar-refractivity contribution in [2.24, 2.45) is 5.73 Å². The lowest BCUT2D eigenvalue weighted by molar-refractivity contribution is -0.141. The minimum Gasteiger partial charge on any atom is -0.474 e. The molecule has 0 fully saturated rings. The zero-order valence-electron chi connectivity index (χ0n) is 17.3. The first-order valence-electron chi connectivity index (χ1n) is 10.6. The van der Waals surface area contributed by atoms with Crippen LogP contribution in [0.5, 0.6) is 0 Å². The van der Waals surface area contributed by atoms with E-state index in [1.165, 1.54) is 19.3 Å². The van der Waals surface area contributed by atoms with Gasteiger partial charge in [0.25, 0.3) is 5.97 Å². The molecule has 0 amide bonds. The molecule has 0 aromatic rings. The van der Waals surface area contributed by atoms with Crippen LogP contribution in [0.1, 0.15) is 90.4 Å². The number of unbranched alkanes of at least 4 members (excludes halogenated alkanes) is 8. The lowest BCUT2D eigenvalue weighted by Crippen LogP contribution is -2.32. The molecule has 0 spiro atoms. The summed E-state index contributed by atoms with van der Waals surface area (Å²) in [5.74, 6) is -1.44. The maximum Gasteiger partial charge on any atom is 0.789 e. The van der Waals surface area contributed by atoms with Crippen molar-refractivity contribution >= 4 is 19.3 Å². The second-order valence-electron chi connectivity index (χ2n) is 7.01. The van der Waals surface area contributed by atoms with Crippen LogP contribution < -0.4 is 5.73 Å². The smallest absolute Gasteiger partial charge is 0.474 e. The van der Waals surface area contributed by atoms with Crippen LogP contribution >= 0.6 is 0 Å². The Morgan fingerprint density at radius 3 is 2.32 bits per heavy atom. The number of aliphatic hydroxyl groups is 1. The van der Waals surface area contributed by atoms with Crippen molar-refractivity contribution in [1.82, 2.24) is 0 Å². The molecule has 0 saturated heterocycles. The largest absolute Gasteiger partial charge is 0.789 e. The van der Waals surface area contributed by atoms with E-state index < -0.39 is 19.3 Å². The number of rotatable bonds is 18. The van der Waals surface area contributed by atoms with Gasteiger partial charge in [0.2, 0.25) is 0 Å². The third kappa shape index (κ3) is 18.0. The molecule has 0 saturated carbocycles. The van der Waals surface area contributed by atoms with E-state index in [4.69, 9.17) is 5.73 Å². The van der Waals surface area contributed by atoms with Crippen LogP contribution in [0, 0.1) is 0 Å². The van der Waals surface area contributed by atoms with Crippen LogP contribution in [0.15, 0.2) is 12.2 Å². The molecule has 162 valence electrons. The third-order valence-electron chi connectivity index (χ3n) is 4.35. The monoisotopic (exact) mass is 399 g/mol. The Balaban J connectivity index is 3.47. The average molecular weight is 399 g/mol. The van der Waals surface area contributed by atoms with Gasteiger partial charge in [0.1, 0.15) is 0 Å². The number of hydrogen-bond acceptors (Lipinski definition) is 7. The fourth-order valence-electron chi connectivity index (χ4n) is 2.71. The number of carbonyl (C=O) groups is 2. The fraction of sp³-hybridized carbons (Fsp3) is 0.800. The Bertz CT molecular complexity index is 433. The molecule has 0 aliphatic rings. The van der Waals surface area contributed by atoms with Crippen molar-refractivity contribution in [3.8, 4) is 0 Å². The van der Waals surface area contributed by atoms with E-state index in [9.17, 15) is 19.7 Å². The van der Waals surface area contributed by atoms with Gasteiger partial charge in [-0.3, -0.25) is 9.59 Å². The zero-order valence-corrected chi connectivity index (χ0v) is 17.3. The summed E-state index contributed by atoms with van der Waals surface area (Å²) in [6.45, 7) is 1.80. The predicted molar refractivity (Wildman–Crippen MR) is 110 cm³/mol. The summed E-state index contributed by atoms with van der Waals surface area (Å²) in [5.41, 5.74) is 5.01. The molecular weight excluding hydrogens is 361 g/mol. The molecule has 0 rings (SSSR count). The highest BCUT2D eigenvalue weighted by molar-refractivity contribution is 6.40. The predicted octanol–water partition coefficient (Wildman–Crippen LogP) is 3.02. The molecule has 0 aliphatic carbocycles. The summed E-state index contributed by atoms with van der Waals surface area (Å²) < 4.78 is 8.87. The van der Waals surface area contributed by atoms with Crippen molar-refractivity contribution in [2.75, 3.05) is 6.54 Å². The first kappa shape index (κ1) is 26.6. The normalized spacial score (nSPS) is 12.1. The number of nitrogens with two attached hydrogens (primary N) is 1. The summed E-state index contributed by atoms with van der Waals surface area (Å²) in [6.07, 6.45) is 16.3. The lowest BCUT2D eigenvalue weighted by Gasteiger charge is -2.07. The Morgan fingerprint density at radius 1 is 0.964 bits per heavy atom. The topological polar surface area (TPSA) is 119 Å². The molecule has 28 heavy (non-hydrogen) atoms. The van der Waals surface area contributed by atoms with Gasteiger partial charge in [0, 0.05) is 6.42 Å². The number of aliphatic hydroxyl groups excluding tert-OH is 1. The highest BCUT2D eigenvalue weighted by Gasteiger charge is 2.25. The maximum atomic E-state index is 11.4. The van der Waals surface area contributed by atoms with Crippen LogP contribution in [-0.4, -0.2) is 42.0 Å². The van der Waals surface area contributed by atoms with Gasteiger partial charge >= 0.3 is 13.3 Å². The van der Waals surface area contributed by atoms with E-state index in [0.29, 0.717) is 6.42 Å². The van der Waals surface area contributed by atoms with Crippen LogP contribution in [0.2, 0.25) is 0 Å². The molecule has 0 heterocycles. The highest BCUT2D eigenvalue weighted by Crippen LogP contribution is 2.11. The second-order valence-corrected chi connectivity index (χ2v) is 7.01. The quantitative estimate of drug-likeness (QED) is 0.184. The lowest BCUT2D eigenvalue weighted by atomic mass is 10.1. The Hall–Kier alpha value is -1.38. The van der Waals surface area contributed by atoms with Gasteiger partial charge < -0.3 is 25.2 Å². The van der Waals surface area contributed by atoms with Gasteiger partial charge in [-0.15, -0.1) is 0 Å². The highest BCUT2D eigenvalue weighted by atomic mass is 16.7. The molecule has 0 aliphatic heterocycles. The summed E-state index contributed by atoms with van der Waals surface area (Å²) in [5, 5.41) is 19.1. The van der Waals surface area contributed by atoms with E-state index in [0.717, 1.165) is 51.4 Å². The number of allylic oxidation sites excluding steroid dienone is 1. The van der Waals surface area contributed by atoms with Gasteiger partial charge in [-0.1, -0.05) is 64.0 Å². The molecule has 0 aromatic heterocycles. The summed E-state index contributed by atoms with van der Waals surface area (Å²) in [4.78, 5) is 22.3. The molecule has 0 aromatic carbocycles. The van der Waals surface area contributed by atoms with Gasteiger partial charge in [-0.25, -0.2) is 0 Å². The molecular formula is C20H38BNO6. The minimum absolute atomic E-state index is 0.174. The minimum atomic E-state index is -1.88. The maximum absolute atomic E-state index is 11.4. The summed E-state index contributed by atoms with van der Waals surface area (Å²) in [6, 6.07) is 0. The molecule has 0 radical (unpaired) electrons. The van der Waals surface area contributed by atoms with Gasteiger partial charge in [0.15, 0.2) is 0 Å². The summed E-state index contributed by atoms with van der Waals surface area (Å²) >= 11 is 0. The molecule has 4 N–H and O–H groups in total.